The van der Waals surface area contributed by atoms with Crippen LogP contribution in [0.5, 0.6) is 0 Å². The lowest BCUT2D eigenvalue weighted by atomic mass is 9.82. The Balaban J connectivity index is 2.13. The van der Waals surface area contributed by atoms with Gasteiger partial charge in [-0.1, -0.05) is 25.4 Å². The van der Waals surface area contributed by atoms with Crippen LogP contribution in [0.2, 0.25) is 5.02 Å². The molecule has 1 unspecified atom stereocenters. The number of thioether (sulfide) groups is 1. The Morgan fingerprint density at radius 3 is 2.67 bits per heavy atom. The maximum Gasteiger partial charge on any atom is 0.229 e. The third kappa shape index (κ3) is 4.69. The van der Waals surface area contributed by atoms with Crippen molar-refractivity contribution >= 4 is 44.8 Å². The normalized spacial score (nSPS) is 21.8. The molecule has 0 aromatic heterocycles. The molecule has 1 aliphatic heterocycles. The van der Waals surface area contributed by atoms with Crippen LogP contribution in [0.4, 0.5) is 11.4 Å². The van der Waals surface area contributed by atoms with Gasteiger partial charge in [0.1, 0.15) is 0 Å². The maximum absolute atomic E-state index is 11.3. The molecule has 1 atom stereocenters. The van der Waals surface area contributed by atoms with E-state index < -0.39 is 10.0 Å². The predicted molar refractivity (Wildman–Crippen MR) is 93.1 cm³/mol. The first-order valence-electron chi connectivity index (χ1n) is 6.79. The average Bonchev–Trinajstić information content (AvgIpc) is 2.34. The molecule has 1 heterocycles. The number of nitrogens with one attached hydrogen (secondary N) is 2. The summed E-state index contributed by atoms with van der Waals surface area (Å²) in [6.45, 7) is 4.54. The highest BCUT2D eigenvalue weighted by Crippen LogP contribution is 2.36. The largest absolute Gasteiger partial charge is 0.381 e. The smallest absolute Gasteiger partial charge is 0.229 e. The van der Waals surface area contributed by atoms with Crippen LogP contribution < -0.4 is 10.0 Å². The van der Waals surface area contributed by atoms with Crippen molar-refractivity contribution in [2.45, 2.75) is 26.3 Å². The van der Waals surface area contributed by atoms with E-state index in [1.165, 1.54) is 12.2 Å². The molecule has 21 heavy (non-hydrogen) atoms. The third-order valence-electron chi connectivity index (χ3n) is 3.72. The molecule has 7 heteroatoms. The molecule has 118 valence electrons. The first-order valence-corrected chi connectivity index (χ1v) is 10.2. The molecule has 0 bridgehead atoms. The van der Waals surface area contributed by atoms with E-state index in [1.54, 1.807) is 12.1 Å². The first kappa shape index (κ1) is 16.8. The van der Waals surface area contributed by atoms with Gasteiger partial charge in [0.05, 0.1) is 17.0 Å². The number of anilines is 2. The number of halogens is 1. The van der Waals surface area contributed by atoms with Crippen LogP contribution in [0.15, 0.2) is 18.2 Å². The van der Waals surface area contributed by atoms with Crippen molar-refractivity contribution in [2.24, 2.45) is 5.41 Å². The van der Waals surface area contributed by atoms with Crippen LogP contribution in [0.25, 0.3) is 0 Å². The zero-order valence-corrected chi connectivity index (χ0v) is 14.8. The summed E-state index contributed by atoms with van der Waals surface area (Å²) in [7, 11) is -3.32. The van der Waals surface area contributed by atoms with E-state index in [2.05, 4.69) is 23.9 Å². The molecule has 1 aromatic rings. The summed E-state index contributed by atoms with van der Waals surface area (Å²) < 4.78 is 24.9. The summed E-state index contributed by atoms with van der Waals surface area (Å²) in [5.41, 5.74) is 1.56. The fourth-order valence-corrected chi connectivity index (χ4v) is 4.73. The van der Waals surface area contributed by atoms with Gasteiger partial charge in [0, 0.05) is 17.5 Å². The number of hydrogen-bond acceptors (Lipinski definition) is 4. The van der Waals surface area contributed by atoms with Gasteiger partial charge in [-0.3, -0.25) is 4.72 Å². The van der Waals surface area contributed by atoms with E-state index in [0.717, 1.165) is 17.7 Å². The van der Waals surface area contributed by atoms with Gasteiger partial charge in [0.2, 0.25) is 10.0 Å². The zero-order valence-electron chi connectivity index (χ0n) is 12.4. The van der Waals surface area contributed by atoms with Gasteiger partial charge in [0.25, 0.3) is 0 Å². The fourth-order valence-electron chi connectivity index (χ4n) is 2.26. The molecular weight excluding hydrogens is 328 g/mol. The molecule has 0 radical (unpaired) electrons. The molecule has 1 aromatic carbocycles. The Kier molecular flexibility index (Phi) is 5.00. The predicted octanol–water partition coefficient (Wildman–Crippen LogP) is 3.66. The van der Waals surface area contributed by atoms with Crippen molar-refractivity contribution in [1.82, 2.24) is 0 Å². The molecular formula is C14H21ClN2O2S2. The minimum Gasteiger partial charge on any atom is -0.381 e. The third-order valence-corrected chi connectivity index (χ3v) is 5.69. The van der Waals surface area contributed by atoms with Crippen molar-refractivity contribution < 1.29 is 8.42 Å². The average molecular weight is 349 g/mol. The molecule has 0 saturated carbocycles. The van der Waals surface area contributed by atoms with E-state index in [1.807, 2.05) is 17.8 Å². The van der Waals surface area contributed by atoms with E-state index in [-0.39, 0.29) is 5.41 Å². The van der Waals surface area contributed by atoms with Crippen LogP contribution in [-0.2, 0) is 10.0 Å². The molecule has 1 aliphatic rings. The van der Waals surface area contributed by atoms with Gasteiger partial charge in [0.15, 0.2) is 0 Å². The summed E-state index contributed by atoms with van der Waals surface area (Å²) in [5, 5.41) is 3.91. The van der Waals surface area contributed by atoms with Crippen LogP contribution in [0.1, 0.15) is 20.3 Å². The Morgan fingerprint density at radius 1 is 1.38 bits per heavy atom. The molecule has 0 aliphatic carbocycles. The SMILES string of the molecule is CC1(C)CCSCC1Nc1ccc(NS(C)(=O)=O)c(Cl)c1. The van der Waals surface area contributed by atoms with Gasteiger partial charge in [-0.25, -0.2) is 8.42 Å². The molecule has 2 N–H and O–H groups in total. The maximum atomic E-state index is 11.3. The van der Waals surface area contributed by atoms with Crippen molar-refractivity contribution in [3.63, 3.8) is 0 Å². The molecule has 2 rings (SSSR count). The molecule has 0 spiro atoms. The summed E-state index contributed by atoms with van der Waals surface area (Å²) in [4.78, 5) is 0. The second kappa shape index (κ2) is 6.26. The minimum atomic E-state index is -3.32. The second-order valence-corrected chi connectivity index (χ2v) is 9.38. The van der Waals surface area contributed by atoms with Gasteiger partial charge >= 0.3 is 0 Å². The monoisotopic (exact) mass is 348 g/mol. The highest BCUT2D eigenvalue weighted by Gasteiger charge is 2.32. The first-order chi connectivity index (χ1) is 9.67. The van der Waals surface area contributed by atoms with Crippen molar-refractivity contribution in [1.29, 1.82) is 0 Å². The second-order valence-electron chi connectivity index (χ2n) is 6.08. The summed E-state index contributed by atoms with van der Waals surface area (Å²) in [6.07, 6.45) is 2.29. The molecule has 0 amide bonds. The lowest BCUT2D eigenvalue weighted by molar-refractivity contribution is 0.305. The number of benzene rings is 1. The molecule has 1 fully saturated rings. The lowest BCUT2D eigenvalue weighted by Crippen LogP contribution is -2.41. The van der Waals surface area contributed by atoms with Gasteiger partial charge in [-0.2, -0.15) is 11.8 Å². The summed E-state index contributed by atoms with van der Waals surface area (Å²) >= 11 is 8.10. The Morgan fingerprint density at radius 2 is 2.10 bits per heavy atom. The van der Waals surface area contributed by atoms with Crippen LogP contribution in [-0.4, -0.2) is 32.2 Å². The van der Waals surface area contributed by atoms with Crippen molar-refractivity contribution in [3.8, 4) is 0 Å². The topological polar surface area (TPSA) is 58.2 Å². The molecule has 1 saturated heterocycles. The number of hydrogen-bond donors (Lipinski definition) is 2. The van der Waals surface area contributed by atoms with Gasteiger partial charge in [-0.05, 0) is 35.8 Å². The van der Waals surface area contributed by atoms with E-state index >= 15 is 0 Å². The standard InChI is InChI=1S/C14H21ClN2O2S2/c1-14(2)6-7-20-9-13(14)16-10-4-5-12(11(15)8-10)17-21(3,18)19/h4-5,8,13,16-17H,6-7,9H2,1-3H3. The van der Waals surface area contributed by atoms with E-state index in [0.29, 0.717) is 16.8 Å². The van der Waals surface area contributed by atoms with Crippen LogP contribution >= 0.6 is 23.4 Å². The highest BCUT2D eigenvalue weighted by molar-refractivity contribution is 7.99. The summed E-state index contributed by atoms with van der Waals surface area (Å²) in [6, 6.07) is 5.69. The summed E-state index contributed by atoms with van der Waals surface area (Å²) in [5.74, 6) is 2.26. The van der Waals surface area contributed by atoms with Crippen molar-refractivity contribution in [3.05, 3.63) is 23.2 Å². The van der Waals surface area contributed by atoms with Gasteiger partial charge < -0.3 is 5.32 Å². The quantitative estimate of drug-likeness (QED) is 0.871. The Hall–Kier alpha value is -0.590. The number of sulfonamides is 1. The van der Waals surface area contributed by atoms with Gasteiger partial charge in [-0.15, -0.1) is 0 Å². The lowest BCUT2D eigenvalue weighted by Gasteiger charge is -2.39. The Labute approximate surface area is 136 Å². The van der Waals surface area contributed by atoms with E-state index in [4.69, 9.17) is 11.6 Å². The van der Waals surface area contributed by atoms with Crippen LogP contribution in [0, 0.1) is 5.41 Å². The zero-order chi connectivity index (χ0) is 15.7. The Bertz CT molecular complexity index is 617. The highest BCUT2D eigenvalue weighted by atomic mass is 35.5. The van der Waals surface area contributed by atoms with Crippen LogP contribution in [0.3, 0.4) is 0 Å². The number of rotatable bonds is 4. The molecule has 4 nitrogen and oxygen atoms in total. The minimum absolute atomic E-state index is 0.238. The van der Waals surface area contributed by atoms with E-state index in [9.17, 15) is 8.42 Å². The van der Waals surface area contributed by atoms with Crippen molar-refractivity contribution in [2.75, 3.05) is 27.8 Å². The fraction of sp³-hybridized carbons (Fsp3) is 0.571.